The van der Waals surface area contributed by atoms with E-state index in [1.54, 1.807) is 28.6 Å². The number of fused-ring (bicyclic) bond motifs is 1. The number of hydrogen-bond donors (Lipinski definition) is 1. The Balaban J connectivity index is 1.49. The van der Waals surface area contributed by atoms with Gasteiger partial charge < -0.3 is 14.7 Å². The highest BCUT2D eigenvalue weighted by atomic mass is 19.1. The lowest BCUT2D eigenvalue weighted by Crippen LogP contribution is -2.44. The molecule has 11 heteroatoms. The second kappa shape index (κ2) is 10.2. The van der Waals surface area contributed by atoms with Gasteiger partial charge in [0, 0.05) is 36.1 Å². The highest BCUT2D eigenvalue weighted by Gasteiger charge is 2.29. The van der Waals surface area contributed by atoms with Crippen LogP contribution >= 0.6 is 0 Å². The van der Waals surface area contributed by atoms with Crippen molar-refractivity contribution < 1.29 is 19.0 Å². The van der Waals surface area contributed by atoms with Gasteiger partial charge in [0.05, 0.1) is 30.3 Å². The second-order valence-electron chi connectivity index (χ2n) is 9.56. The van der Waals surface area contributed by atoms with Crippen molar-refractivity contribution in [2.45, 2.75) is 51.9 Å². The van der Waals surface area contributed by atoms with Crippen molar-refractivity contribution in [1.82, 2.24) is 29.3 Å². The summed E-state index contributed by atoms with van der Waals surface area (Å²) in [6, 6.07) is 6.87. The van der Waals surface area contributed by atoms with Crippen LogP contribution in [0.15, 0.2) is 43.0 Å². The van der Waals surface area contributed by atoms with Crippen LogP contribution in [0.4, 0.5) is 4.39 Å². The van der Waals surface area contributed by atoms with Crippen molar-refractivity contribution in [3.8, 4) is 22.9 Å². The Morgan fingerprint density at radius 2 is 2.08 bits per heavy atom. The van der Waals surface area contributed by atoms with E-state index in [-0.39, 0.29) is 11.9 Å². The third kappa shape index (κ3) is 4.70. The number of halogens is 1. The van der Waals surface area contributed by atoms with Crippen molar-refractivity contribution in [3.63, 3.8) is 0 Å². The first-order valence-corrected chi connectivity index (χ1v) is 12.5. The molecule has 1 amide bonds. The summed E-state index contributed by atoms with van der Waals surface area (Å²) in [6.07, 6.45) is 6.36. The third-order valence-corrected chi connectivity index (χ3v) is 6.93. The van der Waals surface area contributed by atoms with Crippen molar-refractivity contribution in [1.29, 1.82) is 5.26 Å². The number of piperidine rings is 1. The molecule has 1 saturated heterocycles. The van der Waals surface area contributed by atoms with Gasteiger partial charge in [-0.25, -0.2) is 8.91 Å². The van der Waals surface area contributed by atoms with Crippen LogP contribution in [-0.4, -0.2) is 59.5 Å². The molecular weight excluding hydrogens is 489 g/mol. The summed E-state index contributed by atoms with van der Waals surface area (Å²) in [5, 5.41) is 28.4. The number of likely N-dealkylation sites (tertiary alicyclic amines) is 1. The van der Waals surface area contributed by atoms with E-state index in [2.05, 4.69) is 21.3 Å². The van der Waals surface area contributed by atoms with Crippen molar-refractivity contribution in [2.24, 2.45) is 0 Å². The summed E-state index contributed by atoms with van der Waals surface area (Å²) in [4.78, 5) is 18.2. The van der Waals surface area contributed by atoms with E-state index in [1.807, 2.05) is 23.9 Å². The van der Waals surface area contributed by atoms with Gasteiger partial charge in [0.2, 0.25) is 0 Å². The van der Waals surface area contributed by atoms with E-state index in [1.165, 1.54) is 19.2 Å². The molecule has 3 atom stereocenters. The van der Waals surface area contributed by atoms with Crippen LogP contribution in [0, 0.1) is 24.1 Å². The van der Waals surface area contributed by atoms with E-state index in [0.717, 1.165) is 35.9 Å². The quantitative estimate of drug-likeness (QED) is 0.415. The number of pyridine rings is 2. The van der Waals surface area contributed by atoms with Crippen molar-refractivity contribution in [3.05, 3.63) is 65.8 Å². The number of nitrogens with zero attached hydrogens (tertiary/aromatic N) is 7. The molecule has 196 valence electrons. The fraction of sp³-hybridized carbons (Fsp3) is 0.370. The van der Waals surface area contributed by atoms with Crippen LogP contribution < -0.4 is 4.74 Å². The smallest absolute Gasteiger partial charge is 0.251 e. The topological polar surface area (TPSA) is 122 Å². The number of carbonyl (C=O) groups is 1. The molecule has 1 N–H and O–H groups in total. The zero-order valence-corrected chi connectivity index (χ0v) is 21.4. The average molecular weight is 518 g/mol. The Morgan fingerprint density at radius 3 is 2.79 bits per heavy atom. The van der Waals surface area contributed by atoms with Crippen LogP contribution in [0.25, 0.3) is 16.6 Å². The number of nitriles is 1. The van der Waals surface area contributed by atoms with Gasteiger partial charge in [0.1, 0.15) is 40.9 Å². The van der Waals surface area contributed by atoms with E-state index < -0.39 is 18.0 Å². The molecular formula is C27H28FN7O3. The summed E-state index contributed by atoms with van der Waals surface area (Å²) in [5.41, 5.74) is 3.99. The highest BCUT2D eigenvalue weighted by Crippen LogP contribution is 2.35. The Bertz CT molecular complexity index is 1520. The van der Waals surface area contributed by atoms with Gasteiger partial charge in [0.25, 0.3) is 5.91 Å². The van der Waals surface area contributed by atoms with Gasteiger partial charge in [-0.1, -0.05) is 0 Å². The predicted octanol–water partition coefficient (Wildman–Crippen LogP) is 3.60. The van der Waals surface area contributed by atoms with E-state index in [0.29, 0.717) is 35.6 Å². The molecule has 10 nitrogen and oxygen atoms in total. The van der Waals surface area contributed by atoms with Gasteiger partial charge in [-0.05, 0) is 51.8 Å². The zero-order valence-electron chi connectivity index (χ0n) is 21.4. The normalized spacial score (nSPS) is 17.3. The standard InChI is InChI=1S/C27H28FN7O3/c1-16-23(13-32-35(16)22-5-4-8-33(15-22)27(37)17(2)36)19-9-25(26-20(10-29)11-31-34(26)14-19)38-18(3)24-7-6-21(28)12-30-24/h6-7,9,11-14,17-18,22,36H,4-5,8,15H2,1-3H3/t17-,18-,22+/m1/s1. The maximum atomic E-state index is 13.4. The average Bonchev–Trinajstić information content (AvgIpc) is 3.51. The van der Waals surface area contributed by atoms with Crippen molar-refractivity contribution >= 4 is 11.4 Å². The molecule has 0 unspecified atom stereocenters. The van der Waals surface area contributed by atoms with E-state index in [4.69, 9.17) is 4.74 Å². The first-order chi connectivity index (χ1) is 18.3. The first-order valence-electron chi connectivity index (χ1n) is 12.5. The number of carbonyl (C=O) groups excluding carboxylic acids is 1. The summed E-state index contributed by atoms with van der Waals surface area (Å²) in [7, 11) is 0. The number of amides is 1. The minimum atomic E-state index is -1.03. The second-order valence-corrected chi connectivity index (χ2v) is 9.56. The molecule has 0 bridgehead atoms. The van der Waals surface area contributed by atoms with Crippen LogP contribution in [0.5, 0.6) is 5.75 Å². The minimum absolute atomic E-state index is 0.0147. The van der Waals surface area contributed by atoms with Gasteiger partial charge in [-0.3, -0.25) is 14.5 Å². The molecule has 0 spiro atoms. The van der Waals surface area contributed by atoms with Gasteiger partial charge >= 0.3 is 0 Å². The molecule has 0 aromatic carbocycles. The van der Waals surface area contributed by atoms with Gasteiger partial charge in [-0.2, -0.15) is 15.5 Å². The number of aromatic nitrogens is 5. The predicted molar refractivity (Wildman–Crippen MR) is 136 cm³/mol. The Morgan fingerprint density at radius 1 is 1.26 bits per heavy atom. The lowest BCUT2D eigenvalue weighted by Gasteiger charge is -2.34. The molecule has 0 saturated carbocycles. The molecule has 5 rings (SSSR count). The molecule has 38 heavy (non-hydrogen) atoms. The van der Waals surface area contributed by atoms with Crippen molar-refractivity contribution in [2.75, 3.05) is 13.1 Å². The SMILES string of the molecule is Cc1c(-c2cc(O[C@H](C)c3ccc(F)cn3)c3c(C#N)cnn3c2)cnn1[C@H]1CCCN(C(=O)[C@@H](C)O)C1. The number of aliphatic hydroxyl groups excluding tert-OH is 1. The molecule has 5 heterocycles. The fourth-order valence-corrected chi connectivity index (χ4v) is 4.98. The fourth-order valence-electron chi connectivity index (χ4n) is 4.98. The third-order valence-electron chi connectivity index (χ3n) is 6.93. The van der Waals surface area contributed by atoms with E-state index >= 15 is 0 Å². The zero-order chi connectivity index (χ0) is 27.0. The lowest BCUT2D eigenvalue weighted by molar-refractivity contribution is -0.141. The first kappa shape index (κ1) is 25.4. The van der Waals surface area contributed by atoms with Crippen LogP contribution in [-0.2, 0) is 4.79 Å². The Kier molecular flexibility index (Phi) is 6.82. The summed E-state index contributed by atoms with van der Waals surface area (Å²) < 4.78 is 23.1. The molecule has 1 aliphatic rings. The van der Waals surface area contributed by atoms with Crippen LogP contribution in [0.2, 0.25) is 0 Å². The molecule has 1 fully saturated rings. The highest BCUT2D eigenvalue weighted by molar-refractivity contribution is 5.80. The molecule has 4 aromatic rings. The number of aliphatic hydroxyl groups is 1. The van der Waals surface area contributed by atoms with E-state index in [9.17, 15) is 19.6 Å². The minimum Gasteiger partial charge on any atom is -0.482 e. The maximum absolute atomic E-state index is 13.4. The molecule has 0 radical (unpaired) electrons. The number of rotatable bonds is 6. The van der Waals surface area contributed by atoms with Gasteiger partial charge in [-0.15, -0.1) is 0 Å². The summed E-state index contributed by atoms with van der Waals surface area (Å²) >= 11 is 0. The monoisotopic (exact) mass is 517 g/mol. The lowest BCUT2D eigenvalue weighted by atomic mass is 10.0. The van der Waals surface area contributed by atoms with Crippen LogP contribution in [0.1, 0.15) is 55.8 Å². The Hall–Kier alpha value is -4.30. The molecule has 1 aliphatic heterocycles. The number of ether oxygens (including phenoxy) is 1. The number of hydrogen-bond acceptors (Lipinski definition) is 7. The maximum Gasteiger partial charge on any atom is 0.251 e. The Labute approximate surface area is 218 Å². The molecule has 4 aromatic heterocycles. The summed E-state index contributed by atoms with van der Waals surface area (Å²) in [6.45, 7) is 6.35. The summed E-state index contributed by atoms with van der Waals surface area (Å²) in [5.74, 6) is -0.269. The molecule has 0 aliphatic carbocycles. The van der Waals surface area contributed by atoms with Gasteiger partial charge in [0.15, 0.2) is 0 Å². The van der Waals surface area contributed by atoms with Crippen LogP contribution in [0.3, 0.4) is 0 Å². The largest absolute Gasteiger partial charge is 0.482 e.